The Bertz CT molecular complexity index is 1110. The summed E-state index contributed by atoms with van der Waals surface area (Å²) >= 11 is 0. The number of carbonyl (C=O) groups excluding carboxylic acids is 2. The van der Waals surface area contributed by atoms with E-state index < -0.39 is 11.9 Å². The van der Waals surface area contributed by atoms with Crippen LogP contribution in [0.25, 0.3) is 10.9 Å². The highest BCUT2D eigenvalue weighted by Gasteiger charge is 2.18. The maximum Gasteiger partial charge on any atom is 0.356 e. The molecular formula is C21H21N5O5. The number of nitrogens with zero attached hydrogens (tertiary/aromatic N) is 4. The lowest BCUT2D eigenvalue weighted by Crippen LogP contribution is -2.36. The summed E-state index contributed by atoms with van der Waals surface area (Å²) in [6.07, 6.45) is 2.94. The number of ether oxygens (including phenoxy) is 2. The van der Waals surface area contributed by atoms with Gasteiger partial charge in [-0.1, -0.05) is 6.07 Å². The van der Waals surface area contributed by atoms with Gasteiger partial charge in [0.25, 0.3) is 5.91 Å². The summed E-state index contributed by atoms with van der Waals surface area (Å²) in [5, 5.41) is 13.7. The first-order valence-corrected chi connectivity index (χ1v) is 9.69. The molecule has 0 bridgehead atoms. The molecule has 3 aromatic heterocycles. The summed E-state index contributed by atoms with van der Waals surface area (Å²) in [4.78, 5) is 38.7. The third-order valence-electron chi connectivity index (χ3n) is 4.93. The van der Waals surface area contributed by atoms with E-state index in [1.54, 1.807) is 12.1 Å². The van der Waals surface area contributed by atoms with Gasteiger partial charge in [-0.15, -0.1) is 0 Å². The lowest BCUT2D eigenvalue weighted by molar-refractivity contribution is 0.0593. The zero-order valence-electron chi connectivity index (χ0n) is 16.9. The predicted octanol–water partition coefficient (Wildman–Crippen LogP) is 1.28. The van der Waals surface area contributed by atoms with Crippen LogP contribution in [0.3, 0.4) is 0 Å². The SMILES string of the molecule is COC(=O)c1ccc(CNC(=O)c2ncc3nc(N4CCOCC4)ccc3c2O)cn1. The molecule has 0 atom stereocenters. The molecule has 4 rings (SSSR count). The number of aromatic hydroxyl groups is 1. The van der Waals surface area contributed by atoms with Crippen molar-refractivity contribution in [1.82, 2.24) is 20.3 Å². The normalized spacial score (nSPS) is 13.8. The Hall–Kier alpha value is -3.79. The minimum Gasteiger partial charge on any atom is -0.505 e. The van der Waals surface area contributed by atoms with E-state index in [0.717, 1.165) is 18.9 Å². The van der Waals surface area contributed by atoms with E-state index in [1.165, 1.54) is 25.6 Å². The third kappa shape index (κ3) is 4.38. The summed E-state index contributed by atoms with van der Waals surface area (Å²) in [7, 11) is 1.28. The predicted molar refractivity (Wildman–Crippen MR) is 111 cm³/mol. The zero-order valence-corrected chi connectivity index (χ0v) is 16.9. The van der Waals surface area contributed by atoms with E-state index in [-0.39, 0.29) is 23.7 Å². The molecule has 1 aliphatic heterocycles. The molecule has 1 fully saturated rings. The first-order chi connectivity index (χ1) is 15.1. The third-order valence-corrected chi connectivity index (χ3v) is 4.93. The lowest BCUT2D eigenvalue weighted by atomic mass is 10.2. The fraction of sp³-hybridized carbons (Fsp3) is 0.286. The average molecular weight is 423 g/mol. The fourth-order valence-electron chi connectivity index (χ4n) is 3.23. The van der Waals surface area contributed by atoms with Crippen molar-refractivity contribution in [3.05, 3.63) is 53.6 Å². The molecule has 0 unspecified atom stereocenters. The Labute approximate surface area is 177 Å². The molecule has 10 heteroatoms. The van der Waals surface area contributed by atoms with E-state index in [0.29, 0.717) is 29.7 Å². The summed E-state index contributed by atoms with van der Waals surface area (Å²) in [6, 6.07) is 6.71. The van der Waals surface area contributed by atoms with Crippen LogP contribution >= 0.6 is 0 Å². The number of hydrogen-bond acceptors (Lipinski definition) is 9. The second-order valence-electron chi connectivity index (χ2n) is 6.88. The van der Waals surface area contributed by atoms with Crippen LogP contribution in [0.5, 0.6) is 5.75 Å². The van der Waals surface area contributed by atoms with Crippen LogP contribution in [0.2, 0.25) is 0 Å². The van der Waals surface area contributed by atoms with Gasteiger partial charge in [0.2, 0.25) is 0 Å². The second kappa shape index (κ2) is 8.92. The standard InChI is InChI=1S/C21H21N5O5/c1-30-21(29)15-4-2-13(10-22-15)11-24-20(28)18-19(27)14-3-5-17(25-16(14)12-23-18)26-6-8-31-9-7-26/h2-5,10,12,27H,6-9,11H2,1H3,(H,24,28). The summed E-state index contributed by atoms with van der Waals surface area (Å²) < 4.78 is 9.96. The largest absolute Gasteiger partial charge is 0.505 e. The van der Waals surface area contributed by atoms with Crippen molar-refractivity contribution in [2.45, 2.75) is 6.54 Å². The molecule has 1 aliphatic rings. The number of carbonyl (C=O) groups is 2. The number of methoxy groups -OCH3 is 1. The number of aromatic nitrogens is 3. The number of rotatable bonds is 5. The van der Waals surface area contributed by atoms with Crippen LogP contribution in [0.15, 0.2) is 36.7 Å². The van der Waals surface area contributed by atoms with Gasteiger partial charge in [-0.2, -0.15) is 0 Å². The molecule has 0 aromatic carbocycles. The van der Waals surface area contributed by atoms with Gasteiger partial charge in [-0.05, 0) is 23.8 Å². The molecule has 1 saturated heterocycles. The molecule has 1 amide bonds. The van der Waals surface area contributed by atoms with Crippen molar-refractivity contribution in [3.8, 4) is 5.75 Å². The van der Waals surface area contributed by atoms with Crippen LogP contribution < -0.4 is 10.2 Å². The van der Waals surface area contributed by atoms with E-state index in [4.69, 9.17) is 4.74 Å². The Morgan fingerprint density at radius 1 is 1.16 bits per heavy atom. The maximum atomic E-state index is 12.5. The molecule has 0 aliphatic carbocycles. The quantitative estimate of drug-likeness (QED) is 0.584. The molecule has 4 heterocycles. The van der Waals surface area contributed by atoms with E-state index >= 15 is 0 Å². The number of nitrogens with one attached hydrogen (secondary N) is 1. The summed E-state index contributed by atoms with van der Waals surface area (Å²) in [5.41, 5.74) is 1.27. The summed E-state index contributed by atoms with van der Waals surface area (Å²) in [5.74, 6) is -0.521. The van der Waals surface area contributed by atoms with Crippen molar-refractivity contribution >= 4 is 28.6 Å². The maximum absolute atomic E-state index is 12.5. The molecule has 31 heavy (non-hydrogen) atoms. The number of esters is 1. The van der Waals surface area contributed by atoms with Gasteiger partial charge in [-0.25, -0.2) is 19.7 Å². The molecular weight excluding hydrogens is 402 g/mol. The average Bonchev–Trinajstić information content (AvgIpc) is 2.83. The molecule has 160 valence electrons. The number of anilines is 1. The van der Waals surface area contributed by atoms with Crippen molar-refractivity contribution in [3.63, 3.8) is 0 Å². The Kier molecular flexibility index (Phi) is 5.89. The van der Waals surface area contributed by atoms with Crippen LogP contribution in [0.4, 0.5) is 5.82 Å². The van der Waals surface area contributed by atoms with Crippen molar-refractivity contribution in [1.29, 1.82) is 0 Å². The highest BCUT2D eigenvalue weighted by Crippen LogP contribution is 2.28. The van der Waals surface area contributed by atoms with Crippen LogP contribution in [-0.4, -0.2) is 65.3 Å². The topological polar surface area (TPSA) is 127 Å². The van der Waals surface area contributed by atoms with Gasteiger partial charge in [0, 0.05) is 31.2 Å². The van der Waals surface area contributed by atoms with Crippen LogP contribution in [0.1, 0.15) is 26.5 Å². The first kappa shape index (κ1) is 20.5. The highest BCUT2D eigenvalue weighted by atomic mass is 16.5. The number of amides is 1. The monoisotopic (exact) mass is 423 g/mol. The van der Waals surface area contributed by atoms with Crippen molar-refractivity contribution in [2.24, 2.45) is 0 Å². The van der Waals surface area contributed by atoms with E-state index in [2.05, 4.69) is 29.9 Å². The lowest BCUT2D eigenvalue weighted by Gasteiger charge is -2.27. The van der Waals surface area contributed by atoms with Gasteiger partial charge in [0.1, 0.15) is 11.5 Å². The summed E-state index contributed by atoms with van der Waals surface area (Å²) in [6.45, 7) is 2.93. The van der Waals surface area contributed by atoms with E-state index in [1.807, 2.05) is 6.07 Å². The fourth-order valence-corrected chi connectivity index (χ4v) is 3.23. The van der Waals surface area contributed by atoms with Crippen molar-refractivity contribution < 1.29 is 24.2 Å². The Morgan fingerprint density at radius 2 is 1.97 bits per heavy atom. The smallest absolute Gasteiger partial charge is 0.356 e. The molecule has 0 radical (unpaired) electrons. The van der Waals surface area contributed by atoms with E-state index in [9.17, 15) is 14.7 Å². The molecule has 3 aromatic rings. The minimum absolute atomic E-state index is 0.0902. The molecule has 10 nitrogen and oxygen atoms in total. The number of hydrogen-bond donors (Lipinski definition) is 2. The highest BCUT2D eigenvalue weighted by molar-refractivity contribution is 6.00. The van der Waals surface area contributed by atoms with Gasteiger partial charge >= 0.3 is 5.97 Å². The Morgan fingerprint density at radius 3 is 2.68 bits per heavy atom. The first-order valence-electron chi connectivity index (χ1n) is 9.69. The van der Waals surface area contributed by atoms with Crippen LogP contribution in [-0.2, 0) is 16.0 Å². The molecule has 0 saturated carbocycles. The molecule has 0 spiro atoms. The number of morpholine rings is 1. The molecule has 2 N–H and O–H groups in total. The number of fused-ring (bicyclic) bond motifs is 1. The zero-order chi connectivity index (χ0) is 21.8. The van der Waals surface area contributed by atoms with Gasteiger partial charge in [0.15, 0.2) is 11.4 Å². The minimum atomic E-state index is -0.536. The van der Waals surface area contributed by atoms with Crippen molar-refractivity contribution in [2.75, 3.05) is 38.3 Å². The number of pyridine rings is 3. The van der Waals surface area contributed by atoms with Gasteiger partial charge in [0.05, 0.1) is 32.0 Å². The van der Waals surface area contributed by atoms with Crippen LogP contribution in [0, 0.1) is 0 Å². The second-order valence-corrected chi connectivity index (χ2v) is 6.88. The van der Waals surface area contributed by atoms with Gasteiger partial charge in [-0.3, -0.25) is 4.79 Å². The van der Waals surface area contributed by atoms with Gasteiger partial charge < -0.3 is 24.8 Å². The Balaban J connectivity index is 1.47.